The largest absolute Gasteiger partial charge is 0.380 e. The van der Waals surface area contributed by atoms with Crippen molar-refractivity contribution in [1.82, 2.24) is 20.9 Å². The lowest BCUT2D eigenvalue weighted by Crippen LogP contribution is -2.51. The smallest absolute Gasteiger partial charge is 0.252 e. The Morgan fingerprint density at radius 1 is 1.11 bits per heavy atom. The highest BCUT2D eigenvalue weighted by molar-refractivity contribution is 7.15. The van der Waals surface area contributed by atoms with E-state index >= 15 is 0 Å². The van der Waals surface area contributed by atoms with Crippen molar-refractivity contribution in [1.29, 1.82) is 0 Å². The second-order valence-electron chi connectivity index (χ2n) is 11.0. The molecular weight excluding hydrogens is 490 g/mol. The van der Waals surface area contributed by atoms with E-state index in [4.69, 9.17) is 0 Å². The number of aryl methyl sites for hydroxylation is 1. The van der Waals surface area contributed by atoms with Crippen molar-refractivity contribution < 1.29 is 4.79 Å². The van der Waals surface area contributed by atoms with E-state index in [1.807, 2.05) is 30.4 Å². The highest BCUT2D eigenvalue weighted by Crippen LogP contribution is 2.30. The minimum atomic E-state index is -0.0927. The first kappa shape index (κ1) is 26.9. The Morgan fingerprint density at radius 3 is 2.68 bits per heavy atom. The molecule has 5 rings (SSSR count). The van der Waals surface area contributed by atoms with Crippen molar-refractivity contribution in [3.8, 4) is 10.4 Å². The zero-order valence-corrected chi connectivity index (χ0v) is 23.7. The first-order valence-corrected chi connectivity index (χ1v) is 14.7. The summed E-state index contributed by atoms with van der Waals surface area (Å²) in [5.74, 6) is 0.756. The minimum Gasteiger partial charge on any atom is -0.380 e. The van der Waals surface area contributed by atoms with E-state index in [0.29, 0.717) is 6.04 Å². The molecule has 0 saturated carbocycles. The molecule has 202 valence electrons. The predicted octanol–water partition coefficient (Wildman–Crippen LogP) is 5.03. The molecule has 2 saturated heterocycles. The van der Waals surface area contributed by atoms with Crippen LogP contribution in [0.1, 0.15) is 52.2 Å². The zero-order valence-electron chi connectivity index (χ0n) is 22.8. The molecule has 3 heterocycles. The molecule has 1 aromatic heterocycles. The number of benzene rings is 2. The first-order chi connectivity index (χ1) is 18.4. The van der Waals surface area contributed by atoms with E-state index in [1.165, 1.54) is 41.2 Å². The van der Waals surface area contributed by atoms with Crippen LogP contribution in [-0.2, 0) is 6.54 Å². The summed E-state index contributed by atoms with van der Waals surface area (Å²) >= 11 is 1.85. The summed E-state index contributed by atoms with van der Waals surface area (Å²) in [6.45, 7) is 10.4. The number of rotatable bonds is 10. The van der Waals surface area contributed by atoms with Gasteiger partial charge in [-0.1, -0.05) is 24.3 Å². The molecule has 0 aliphatic carbocycles. The van der Waals surface area contributed by atoms with Crippen LogP contribution in [0.4, 0.5) is 5.69 Å². The van der Waals surface area contributed by atoms with Gasteiger partial charge in [-0.15, -0.1) is 11.3 Å². The first-order valence-electron chi connectivity index (χ1n) is 13.9. The Bertz CT molecular complexity index is 1230. The lowest BCUT2D eigenvalue weighted by molar-refractivity contribution is 0.0939. The van der Waals surface area contributed by atoms with Crippen LogP contribution in [-0.4, -0.2) is 56.6 Å². The molecule has 7 heteroatoms. The van der Waals surface area contributed by atoms with Crippen molar-refractivity contribution >= 4 is 22.9 Å². The Morgan fingerprint density at radius 2 is 1.92 bits per heavy atom. The summed E-state index contributed by atoms with van der Waals surface area (Å²) in [7, 11) is 2.22. The third kappa shape index (κ3) is 6.83. The predicted molar refractivity (Wildman–Crippen MR) is 159 cm³/mol. The molecule has 2 aliphatic heterocycles. The van der Waals surface area contributed by atoms with Gasteiger partial charge in [-0.2, -0.15) is 0 Å². The normalized spacial score (nSPS) is 17.7. The van der Waals surface area contributed by atoms with Gasteiger partial charge < -0.3 is 26.2 Å². The monoisotopic (exact) mass is 531 g/mol. The number of carbonyl (C=O) groups is 1. The Balaban J connectivity index is 1.17. The molecule has 1 atom stereocenters. The minimum absolute atomic E-state index is 0.0371. The van der Waals surface area contributed by atoms with E-state index in [2.05, 4.69) is 82.6 Å². The number of carbonyl (C=O) groups excluding carboxylic acids is 1. The maximum absolute atomic E-state index is 13.2. The van der Waals surface area contributed by atoms with Gasteiger partial charge in [0.15, 0.2) is 0 Å². The fourth-order valence-electron chi connectivity index (χ4n) is 5.20. The van der Waals surface area contributed by atoms with Crippen LogP contribution in [0.2, 0.25) is 0 Å². The number of hydrogen-bond donors (Lipinski definition) is 4. The quantitative estimate of drug-likeness (QED) is 0.296. The number of likely N-dealkylation sites (tertiary alicyclic amines) is 1. The van der Waals surface area contributed by atoms with Crippen LogP contribution in [0.5, 0.6) is 0 Å². The van der Waals surface area contributed by atoms with E-state index in [0.717, 1.165) is 54.5 Å². The van der Waals surface area contributed by atoms with Crippen LogP contribution in [0.25, 0.3) is 10.4 Å². The number of nitrogens with zero attached hydrogens (tertiary/aromatic N) is 1. The van der Waals surface area contributed by atoms with Gasteiger partial charge in [-0.3, -0.25) is 4.79 Å². The van der Waals surface area contributed by atoms with Crippen LogP contribution < -0.4 is 21.3 Å². The molecule has 1 unspecified atom stereocenters. The molecule has 2 aromatic carbocycles. The molecule has 0 bridgehead atoms. The molecule has 6 nitrogen and oxygen atoms in total. The second-order valence-corrected chi connectivity index (χ2v) is 12.2. The summed E-state index contributed by atoms with van der Waals surface area (Å²) in [5.41, 5.74) is 5.01. The van der Waals surface area contributed by atoms with Crippen molar-refractivity contribution in [2.45, 2.75) is 45.3 Å². The lowest BCUT2D eigenvalue weighted by atomic mass is 9.97. The molecule has 0 radical (unpaired) electrons. The molecular formula is C31H41N5OS. The van der Waals surface area contributed by atoms with E-state index < -0.39 is 0 Å². The summed E-state index contributed by atoms with van der Waals surface area (Å²) in [4.78, 5) is 18.3. The van der Waals surface area contributed by atoms with Gasteiger partial charge in [0.2, 0.25) is 0 Å². The topological polar surface area (TPSA) is 68.4 Å². The van der Waals surface area contributed by atoms with Gasteiger partial charge in [0.1, 0.15) is 0 Å². The average molecular weight is 532 g/mol. The Hall–Kier alpha value is -2.71. The number of thiophene rings is 1. The van der Waals surface area contributed by atoms with Crippen molar-refractivity contribution in [2.75, 3.05) is 45.1 Å². The summed E-state index contributed by atoms with van der Waals surface area (Å²) in [6.07, 6.45) is 2.58. The maximum atomic E-state index is 13.2. The highest BCUT2D eigenvalue weighted by atomic mass is 32.1. The molecule has 38 heavy (non-hydrogen) atoms. The highest BCUT2D eigenvalue weighted by Gasteiger charge is 2.19. The molecule has 2 fully saturated rings. The summed E-state index contributed by atoms with van der Waals surface area (Å²) in [6, 6.07) is 19.4. The van der Waals surface area contributed by atoms with Crippen molar-refractivity contribution in [2.24, 2.45) is 5.92 Å². The SMILES string of the molecule is Cc1ccc(NC2CNC2)cc1C(=O)NC(C)c1cccc(-c2ccc(CNCC3CCN(C)CC3)s2)c1. The standard InChI is InChI=1S/C31H41N5OS/c1-21-7-8-26(35-27-18-33-19-27)16-29(21)31(37)34-22(2)24-5-4-6-25(15-24)30-10-9-28(38-30)20-32-17-23-11-13-36(3)14-12-23/h4-10,15-16,22-23,27,32-33,35H,11-14,17-20H2,1-3H3,(H,34,37). The Kier molecular flexibility index (Phi) is 8.79. The molecule has 3 aromatic rings. The number of nitrogens with one attached hydrogen (secondary N) is 4. The fourth-order valence-corrected chi connectivity index (χ4v) is 6.17. The van der Waals surface area contributed by atoms with Crippen LogP contribution >= 0.6 is 11.3 Å². The summed E-state index contributed by atoms with van der Waals surface area (Å²) < 4.78 is 0. The number of piperidine rings is 1. The van der Waals surface area contributed by atoms with Crippen LogP contribution in [0.3, 0.4) is 0 Å². The van der Waals surface area contributed by atoms with Gasteiger partial charge in [-0.05, 0) is 106 Å². The van der Waals surface area contributed by atoms with Crippen molar-refractivity contribution in [3.63, 3.8) is 0 Å². The maximum Gasteiger partial charge on any atom is 0.252 e. The Labute approximate surface area is 231 Å². The van der Waals surface area contributed by atoms with Gasteiger partial charge in [-0.25, -0.2) is 0 Å². The molecule has 0 spiro atoms. The summed E-state index contributed by atoms with van der Waals surface area (Å²) in [5, 5.41) is 13.7. The lowest BCUT2D eigenvalue weighted by Gasteiger charge is -2.29. The van der Waals surface area contributed by atoms with Crippen LogP contribution in [0, 0.1) is 12.8 Å². The average Bonchev–Trinajstić information content (AvgIpc) is 3.37. The van der Waals surface area contributed by atoms with Crippen molar-refractivity contribution in [3.05, 3.63) is 76.2 Å². The zero-order chi connectivity index (χ0) is 26.5. The van der Waals surface area contributed by atoms with Gasteiger partial charge in [0.05, 0.1) is 12.1 Å². The third-order valence-electron chi connectivity index (χ3n) is 7.89. The molecule has 1 amide bonds. The van der Waals surface area contributed by atoms with E-state index in [1.54, 1.807) is 0 Å². The fraction of sp³-hybridized carbons (Fsp3) is 0.452. The second kappa shape index (κ2) is 12.4. The van der Waals surface area contributed by atoms with Crippen LogP contribution in [0.15, 0.2) is 54.6 Å². The number of hydrogen-bond acceptors (Lipinski definition) is 6. The van der Waals surface area contributed by atoms with Gasteiger partial charge in [0.25, 0.3) is 5.91 Å². The van der Waals surface area contributed by atoms with Gasteiger partial charge in [0, 0.05) is 40.6 Å². The van der Waals surface area contributed by atoms with Gasteiger partial charge >= 0.3 is 0 Å². The van der Waals surface area contributed by atoms with E-state index in [-0.39, 0.29) is 11.9 Å². The third-order valence-corrected chi connectivity index (χ3v) is 9.02. The number of anilines is 1. The van der Waals surface area contributed by atoms with E-state index in [9.17, 15) is 4.79 Å². The molecule has 4 N–H and O–H groups in total. The number of amides is 1. The molecule has 2 aliphatic rings.